The van der Waals surface area contributed by atoms with E-state index >= 15 is 0 Å². The zero-order valence-electron chi connectivity index (χ0n) is 31.6. The smallest absolute Gasteiger partial charge is 0.243 e. The third-order valence-corrected chi connectivity index (χ3v) is 10.2. The number of aldehydes is 1. The molecule has 50 heavy (non-hydrogen) atoms. The molecule has 0 saturated carbocycles. The van der Waals surface area contributed by atoms with E-state index < -0.39 is 0 Å². The van der Waals surface area contributed by atoms with Crippen molar-refractivity contribution in [2.24, 2.45) is 0 Å². The van der Waals surface area contributed by atoms with E-state index in [0.29, 0.717) is 5.56 Å². The lowest BCUT2D eigenvalue weighted by atomic mass is 9.32. The van der Waals surface area contributed by atoms with Crippen LogP contribution in [0.2, 0.25) is 0 Å². The molecule has 4 heteroatoms. The van der Waals surface area contributed by atoms with Gasteiger partial charge in [0.25, 0.3) is 0 Å². The van der Waals surface area contributed by atoms with Crippen molar-refractivity contribution in [3.8, 4) is 33.4 Å². The molecule has 6 aromatic rings. The van der Waals surface area contributed by atoms with Crippen molar-refractivity contribution in [1.82, 2.24) is 9.97 Å². The number of carbonyl (C=O) groups is 1. The lowest BCUT2D eigenvalue weighted by Crippen LogP contribution is -2.58. The average molecular weight is 657 g/mol. The Kier molecular flexibility index (Phi) is 11.0. The highest BCUT2D eigenvalue weighted by Crippen LogP contribution is 2.32. The molecule has 3 nitrogen and oxygen atoms in total. The summed E-state index contributed by atoms with van der Waals surface area (Å²) in [5.41, 5.74) is 23.2. The number of nitrogens with zero attached hydrogens (tertiary/aromatic N) is 2. The fraction of sp³-hybridized carbons (Fsp3) is 0.239. The van der Waals surface area contributed by atoms with E-state index in [4.69, 9.17) is 0 Å². The van der Waals surface area contributed by atoms with Crippen LogP contribution in [0, 0.1) is 62.3 Å². The fourth-order valence-corrected chi connectivity index (χ4v) is 8.45. The van der Waals surface area contributed by atoms with Gasteiger partial charge in [-0.2, -0.15) is 0 Å². The quantitative estimate of drug-likeness (QED) is 0.127. The van der Waals surface area contributed by atoms with Gasteiger partial charge in [0, 0.05) is 41.5 Å². The van der Waals surface area contributed by atoms with Gasteiger partial charge in [0.15, 0.2) is 0 Å². The van der Waals surface area contributed by atoms with Gasteiger partial charge in [-0.3, -0.25) is 14.8 Å². The Bertz CT molecular complexity index is 2070. The molecular weight excluding hydrogens is 607 g/mol. The second-order valence-electron chi connectivity index (χ2n) is 13.4. The predicted octanol–water partition coefficient (Wildman–Crippen LogP) is 9.61. The fourth-order valence-electron chi connectivity index (χ4n) is 8.45. The van der Waals surface area contributed by atoms with Crippen LogP contribution in [0.3, 0.4) is 0 Å². The highest BCUT2D eigenvalue weighted by atomic mass is 16.1. The zero-order chi connectivity index (χ0) is 36.3. The lowest BCUT2D eigenvalue weighted by molar-refractivity contribution is 0.112. The van der Waals surface area contributed by atoms with Crippen LogP contribution in [0.15, 0.2) is 91.5 Å². The Labute approximate surface area is 300 Å². The minimum Gasteiger partial charge on any atom is -0.298 e. The first-order chi connectivity index (χ1) is 24.0. The standard InChI is InChI=1S/C44H43BN2O.C2H6/c1-26-20-29(4)42(32(7)39(26)36-16-14-35(25-48)15-17-36)45(43-30(5)21-27(2)40(33(43)8)37-12-10-18-46-23-37)44-31(6)22-28(3)41(34(44)9)38-13-11-19-47-24-38;1-2/h10-25H,1-9H3;1-2H3. The van der Waals surface area contributed by atoms with Gasteiger partial charge >= 0.3 is 0 Å². The molecule has 6 rings (SSSR count). The summed E-state index contributed by atoms with van der Waals surface area (Å²) in [6, 6.07) is 23.4. The SMILES string of the molecule is CC.Cc1cc(C)c(-c2ccc(C=O)cc2)c(C)c1B(c1c(C)cc(C)c(-c2cccnc2)c1C)c1c(C)cc(C)c(-c2cccnc2)c1C. The molecule has 0 aliphatic rings. The van der Waals surface area contributed by atoms with Crippen LogP contribution in [0.4, 0.5) is 0 Å². The summed E-state index contributed by atoms with van der Waals surface area (Å²) in [7, 11) is 0. The molecule has 0 spiro atoms. The van der Waals surface area contributed by atoms with E-state index in [-0.39, 0.29) is 6.71 Å². The lowest BCUT2D eigenvalue weighted by Gasteiger charge is -2.31. The van der Waals surface area contributed by atoms with Crippen molar-refractivity contribution < 1.29 is 4.79 Å². The Morgan fingerprint density at radius 3 is 1.16 bits per heavy atom. The molecule has 0 saturated heterocycles. The van der Waals surface area contributed by atoms with E-state index in [0.717, 1.165) is 23.0 Å². The summed E-state index contributed by atoms with van der Waals surface area (Å²) in [6.07, 6.45) is 8.55. The van der Waals surface area contributed by atoms with Crippen LogP contribution in [0.5, 0.6) is 0 Å². The molecule has 2 heterocycles. The molecular formula is C46H49BN2O. The molecule has 0 bridgehead atoms. The van der Waals surface area contributed by atoms with Gasteiger partial charge in [0.1, 0.15) is 6.29 Å². The number of carbonyl (C=O) groups excluding carboxylic acids is 1. The molecule has 0 radical (unpaired) electrons. The van der Waals surface area contributed by atoms with E-state index in [2.05, 4.69) is 115 Å². The van der Waals surface area contributed by atoms with Crippen molar-refractivity contribution >= 4 is 29.4 Å². The first kappa shape index (κ1) is 36.2. The minimum atomic E-state index is -0.0364. The zero-order valence-corrected chi connectivity index (χ0v) is 31.6. The van der Waals surface area contributed by atoms with Gasteiger partial charge in [0.2, 0.25) is 6.71 Å². The highest BCUT2D eigenvalue weighted by Gasteiger charge is 2.34. The summed E-state index contributed by atoms with van der Waals surface area (Å²) >= 11 is 0. The van der Waals surface area contributed by atoms with E-state index in [1.54, 1.807) is 0 Å². The van der Waals surface area contributed by atoms with Crippen LogP contribution in [-0.2, 0) is 0 Å². The number of benzene rings is 4. The van der Waals surface area contributed by atoms with Crippen molar-refractivity contribution in [3.63, 3.8) is 0 Å². The summed E-state index contributed by atoms with van der Waals surface area (Å²) in [4.78, 5) is 20.5. The molecule has 0 atom stereocenters. The molecule has 0 N–H and O–H groups in total. The first-order valence-corrected chi connectivity index (χ1v) is 17.7. The van der Waals surface area contributed by atoms with E-state index in [1.165, 1.54) is 83.1 Å². The van der Waals surface area contributed by atoms with Crippen molar-refractivity contribution in [2.75, 3.05) is 0 Å². The third-order valence-electron chi connectivity index (χ3n) is 10.2. The topological polar surface area (TPSA) is 42.9 Å². The second-order valence-corrected chi connectivity index (χ2v) is 13.4. The van der Waals surface area contributed by atoms with Crippen molar-refractivity contribution in [2.45, 2.75) is 76.2 Å². The van der Waals surface area contributed by atoms with Gasteiger partial charge < -0.3 is 0 Å². The van der Waals surface area contributed by atoms with Gasteiger partial charge in [-0.1, -0.05) is 102 Å². The Hall–Kier alpha value is -5.09. The molecule has 0 amide bonds. The number of hydrogen-bond donors (Lipinski definition) is 0. The summed E-state index contributed by atoms with van der Waals surface area (Å²) in [5.74, 6) is 0. The number of pyridine rings is 2. The number of rotatable bonds is 7. The minimum absolute atomic E-state index is 0.0364. The number of aryl methyl sites for hydroxylation is 6. The summed E-state index contributed by atoms with van der Waals surface area (Å²) < 4.78 is 0. The molecule has 0 aliphatic heterocycles. The molecule has 0 aliphatic carbocycles. The summed E-state index contributed by atoms with van der Waals surface area (Å²) in [6.45, 7) is 24.3. The van der Waals surface area contributed by atoms with Gasteiger partial charge in [-0.25, -0.2) is 0 Å². The molecule has 0 fully saturated rings. The average Bonchev–Trinajstić information content (AvgIpc) is 3.09. The van der Waals surface area contributed by atoms with Crippen LogP contribution >= 0.6 is 0 Å². The maximum absolute atomic E-state index is 11.5. The molecule has 2 aromatic heterocycles. The van der Waals surface area contributed by atoms with Crippen LogP contribution in [0.1, 0.15) is 74.3 Å². The number of aromatic nitrogens is 2. The van der Waals surface area contributed by atoms with E-state index in [9.17, 15) is 4.79 Å². The van der Waals surface area contributed by atoms with Crippen LogP contribution < -0.4 is 16.4 Å². The van der Waals surface area contributed by atoms with Crippen molar-refractivity contribution in [1.29, 1.82) is 0 Å². The largest absolute Gasteiger partial charge is 0.298 e. The molecule has 0 unspecified atom stereocenters. The monoisotopic (exact) mass is 656 g/mol. The van der Waals surface area contributed by atoms with Gasteiger partial charge in [-0.05, 0) is 130 Å². The highest BCUT2D eigenvalue weighted by molar-refractivity contribution is 6.97. The second kappa shape index (κ2) is 15.2. The summed E-state index contributed by atoms with van der Waals surface area (Å²) in [5, 5.41) is 0. The first-order valence-electron chi connectivity index (χ1n) is 17.7. The Balaban J connectivity index is 0.00000239. The normalized spacial score (nSPS) is 10.8. The Morgan fingerprint density at radius 2 is 0.840 bits per heavy atom. The Morgan fingerprint density at radius 1 is 0.480 bits per heavy atom. The predicted molar refractivity (Wildman–Crippen MR) is 215 cm³/mol. The molecule has 252 valence electrons. The van der Waals surface area contributed by atoms with Gasteiger partial charge in [0.05, 0.1) is 0 Å². The number of hydrogen-bond acceptors (Lipinski definition) is 3. The van der Waals surface area contributed by atoms with Crippen LogP contribution in [0.25, 0.3) is 33.4 Å². The third kappa shape index (κ3) is 6.60. The van der Waals surface area contributed by atoms with Gasteiger partial charge in [-0.15, -0.1) is 0 Å². The molecule has 4 aromatic carbocycles. The maximum atomic E-state index is 11.5. The van der Waals surface area contributed by atoms with Crippen molar-refractivity contribution in [3.05, 3.63) is 147 Å². The van der Waals surface area contributed by atoms with Crippen LogP contribution in [-0.4, -0.2) is 23.0 Å². The van der Waals surface area contributed by atoms with E-state index in [1.807, 2.05) is 62.9 Å². The maximum Gasteiger partial charge on any atom is 0.243 e.